The number of halogens is 1. The Morgan fingerprint density at radius 1 is 0.857 bits per heavy atom. The van der Waals surface area contributed by atoms with E-state index < -0.39 is 11.7 Å². The third kappa shape index (κ3) is 7.44. The minimum Gasteiger partial charge on any atom is -0.497 e. The van der Waals surface area contributed by atoms with Crippen molar-refractivity contribution in [1.29, 1.82) is 0 Å². The second-order valence-electron chi connectivity index (χ2n) is 10.4. The maximum absolute atomic E-state index is 12.4. The molecule has 0 radical (unpaired) electrons. The molecule has 0 bridgehead atoms. The number of carbonyl (C=O) groups is 1. The van der Waals surface area contributed by atoms with Gasteiger partial charge in [-0.25, -0.2) is 14.8 Å². The van der Waals surface area contributed by atoms with Crippen LogP contribution in [0.1, 0.15) is 31.9 Å². The highest BCUT2D eigenvalue weighted by atomic mass is 35.5. The van der Waals surface area contributed by atoms with Gasteiger partial charge in [0.15, 0.2) is 0 Å². The molecule has 0 aliphatic rings. The molecule has 4 aromatic rings. The van der Waals surface area contributed by atoms with Gasteiger partial charge in [-0.3, -0.25) is 5.32 Å². The lowest BCUT2D eigenvalue weighted by molar-refractivity contribution is 0.0635. The fourth-order valence-corrected chi connectivity index (χ4v) is 4.60. The van der Waals surface area contributed by atoms with Gasteiger partial charge in [0.05, 0.1) is 28.4 Å². The molecule has 0 saturated heterocycles. The van der Waals surface area contributed by atoms with E-state index in [4.69, 9.17) is 40.3 Å². The number of hydrogen-bond donors (Lipinski definition) is 1. The number of ether oxygens (including phenoxy) is 5. The molecule has 2 aromatic heterocycles. The van der Waals surface area contributed by atoms with Gasteiger partial charge >= 0.3 is 6.09 Å². The lowest BCUT2D eigenvalue weighted by Crippen LogP contribution is -2.27. The largest absolute Gasteiger partial charge is 0.497 e. The number of rotatable bonds is 10. The molecule has 0 aliphatic carbocycles. The van der Waals surface area contributed by atoms with E-state index in [9.17, 15) is 4.79 Å². The maximum Gasteiger partial charge on any atom is 0.413 e. The molecule has 0 spiro atoms. The number of fused-ring (bicyclic) bond motifs is 1. The first-order valence-electron chi connectivity index (χ1n) is 13.2. The first-order valence-corrected chi connectivity index (χ1v) is 13.5. The normalized spacial score (nSPS) is 11.1. The van der Waals surface area contributed by atoms with Gasteiger partial charge in [0.1, 0.15) is 45.4 Å². The van der Waals surface area contributed by atoms with E-state index in [0.29, 0.717) is 47.7 Å². The average Bonchev–Trinajstić information content (AvgIpc) is 2.95. The summed E-state index contributed by atoms with van der Waals surface area (Å²) in [6.45, 7) is 6.19. The number of hydrogen-bond acceptors (Lipinski definition) is 9. The van der Waals surface area contributed by atoms with E-state index in [0.717, 1.165) is 21.9 Å². The highest BCUT2D eigenvalue weighted by Crippen LogP contribution is 2.35. The van der Waals surface area contributed by atoms with Crippen LogP contribution in [0, 0.1) is 0 Å². The van der Waals surface area contributed by atoms with Gasteiger partial charge in [0.2, 0.25) is 0 Å². The average molecular weight is 595 g/mol. The first kappa shape index (κ1) is 30.5. The van der Waals surface area contributed by atoms with Gasteiger partial charge in [-0.1, -0.05) is 11.6 Å². The Morgan fingerprint density at radius 3 is 1.93 bits per heavy atom. The van der Waals surface area contributed by atoms with E-state index in [1.807, 2.05) is 36.4 Å². The quantitative estimate of drug-likeness (QED) is 0.197. The molecule has 2 heterocycles. The maximum atomic E-state index is 12.4. The predicted octanol–water partition coefficient (Wildman–Crippen LogP) is 6.87. The Morgan fingerprint density at radius 2 is 1.43 bits per heavy atom. The van der Waals surface area contributed by atoms with Gasteiger partial charge in [0, 0.05) is 47.9 Å². The zero-order valence-electron chi connectivity index (χ0n) is 24.8. The number of nitrogens with one attached hydrogen (secondary N) is 1. The van der Waals surface area contributed by atoms with Crippen LogP contribution in [0.15, 0.2) is 54.7 Å². The summed E-state index contributed by atoms with van der Waals surface area (Å²) in [5, 5.41) is 4.43. The van der Waals surface area contributed by atoms with Crippen LogP contribution >= 0.6 is 11.6 Å². The third-order valence-corrected chi connectivity index (χ3v) is 6.50. The number of anilines is 2. The molecule has 10 nitrogen and oxygen atoms in total. The Kier molecular flexibility index (Phi) is 9.47. The van der Waals surface area contributed by atoms with Crippen LogP contribution < -0.4 is 29.2 Å². The summed E-state index contributed by atoms with van der Waals surface area (Å²) < 4.78 is 27.5. The van der Waals surface area contributed by atoms with E-state index in [-0.39, 0.29) is 5.15 Å². The minimum atomic E-state index is -0.646. The molecule has 2 aromatic carbocycles. The molecule has 4 rings (SSSR count). The lowest BCUT2D eigenvalue weighted by Gasteiger charge is -2.27. The van der Waals surface area contributed by atoms with Crippen molar-refractivity contribution >= 4 is 40.1 Å². The molecule has 1 N–H and O–H groups in total. The van der Waals surface area contributed by atoms with Crippen molar-refractivity contribution in [3.63, 3.8) is 0 Å². The summed E-state index contributed by atoms with van der Waals surface area (Å²) in [6, 6.07) is 14.8. The van der Waals surface area contributed by atoms with Crippen molar-refractivity contribution in [1.82, 2.24) is 9.97 Å². The Balaban J connectivity index is 1.80. The molecular formula is C31H35ClN4O6. The monoisotopic (exact) mass is 594 g/mol. The Bertz CT molecular complexity index is 1520. The highest BCUT2D eigenvalue weighted by Gasteiger charge is 2.21. The molecule has 0 aliphatic heterocycles. The van der Waals surface area contributed by atoms with Crippen LogP contribution in [0.2, 0.25) is 5.15 Å². The van der Waals surface area contributed by atoms with Crippen LogP contribution in [0.3, 0.4) is 0 Å². The van der Waals surface area contributed by atoms with E-state index in [2.05, 4.69) is 15.2 Å². The topological polar surface area (TPSA) is 104 Å². The zero-order valence-corrected chi connectivity index (χ0v) is 25.5. The predicted molar refractivity (Wildman–Crippen MR) is 163 cm³/mol. The number of benzene rings is 2. The summed E-state index contributed by atoms with van der Waals surface area (Å²) >= 11 is 6.56. The summed E-state index contributed by atoms with van der Waals surface area (Å²) in [5.41, 5.74) is 1.15. The molecule has 0 fully saturated rings. The fraction of sp³-hybridized carbons (Fsp3) is 0.323. The fourth-order valence-electron chi connectivity index (χ4n) is 4.40. The summed E-state index contributed by atoms with van der Waals surface area (Å²) in [7, 11) is 6.45. The summed E-state index contributed by atoms with van der Waals surface area (Å²) in [5.74, 6) is 3.59. The van der Waals surface area contributed by atoms with Gasteiger partial charge in [-0.05, 0) is 62.6 Å². The van der Waals surface area contributed by atoms with Crippen molar-refractivity contribution in [2.75, 3.05) is 38.7 Å². The van der Waals surface area contributed by atoms with Crippen LogP contribution in [-0.2, 0) is 17.8 Å². The van der Waals surface area contributed by atoms with Gasteiger partial charge < -0.3 is 28.6 Å². The minimum absolute atomic E-state index is 0.278. The van der Waals surface area contributed by atoms with E-state index in [1.54, 1.807) is 67.5 Å². The summed E-state index contributed by atoms with van der Waals surface area (Å²) in [4.78, 5) is 23.6. The Hall–Kier alpha value is -4.44. The molecule has 11 heteroatoms. The van der Waals surface area contributed by atoms with E-state index in [1.165, 1.54) is 0 Å². The number of amides is 1. The van der Waals surface area contributed by atoms with Crippen molar-refractivity contribution < 1.29 is 28.5 Å². The first-order chi connectivity index (χ1) is 20.0. The lowest BCUT2D eigenvalue weighted by atomic mass is 10.1. The summed E-state index contributed by atoms with van der Waals surface area (Å²) in [6.07, 6.45) is 1.05. The van der Waals surface area contributed by atoms with Crippen LogP contribution in [-0.4, -0.2) is 50.1 Å². The van der Waals surface area contributed by atoms with Crippen LogP contribution in [0.5, 0.6) is 23.0 Å². The molecular weight excluding hydrogens is 560 g/mol. The van der Waals surface area contributed by atoms with Crippen LogP contribution in [0.4, 0.5) is 16.4 Å². The van der Waals surface area contributed by atoms with Crippen LogP contribution in [0.25, 0.3) is 10.8 Å². The van der Waals surface area contributed by atoms with Gasteiger partial charge in [-0.2, -0.15) is 0 Å². The van der Waals surface area contributed by atoms with Crippen molar-refractivity contribution in [2.24, 2.45) is 0 Å². The zero-order chi connectivity index (χ0) is 30.4. The molecule has 42 heavy (non-hydrogen) atoms. The smallest absolute Gasteiger partial charge is 0.413 e. The second kappa shape index (κ2) is 13.0. The Labute approximate surface area is 250 Å². The third-order valence-electron chi connectivity index (χ3n) is 6.30. The van der Waals surface area contributed by atoms with Crippen molar-refractivity contribution in [2.45, 2.75) is 39.5 Å². The molecule has 0 unspecified atom stereocenters. The number of aromatic nitrogens is 2. The molecule has 0 atom stereocenters. The second-order valence-corrected chi connectivity index (χ2v) is 10.8. The number of carbonyl (C=O) groups excluding carboxylic acids is 1. The molecule has 0 saturated carbocycles. The standard InChI is InChI=1S/C31H35ClN4O6/c1-31(2,3)42-30(37)35-28-13-21-12-27(32)34-29(24(21)16-33-28)36(17-19-8-10-22(38-4)14-25(19)40-6)18-20-9-11-23(39-5)15-26(20)41-7/h8-16H,17-18H2,1-7H3,(H,33,35,37). The van der Waals surface area contributed by atoms with E-state index >= 15 is 0 Å². The highest BCUT2D eigenvalue weighted by molar-refractivity contribution is 6.30. The SMILES string of the molecule is COc1ccc(CN(Cc2ccc(OC)cc2OC)c2nc(Cl)cc3cc(NC(=O)OC(C)(C)C)ncc23)c(OC)c1. The number of nitrogens with zero attached hydrogens (tertiary/aromatic N) is 3. The number of methoxy groups -OCH3 is 4. The number of pyridine rings is 2. The molecule has 1 amide bonds. The van der Waals surface area contributed by atoms with Crippen molar-refractivity contribution in [3.05, 3.63) is 71.0 Å². The van der Waals surface area contributed by atoms with Gasteiger partial charge in [0.25, 0.3) is 0 Å². The van der Waals surface area contributed by atoms with Crippen molar-refractivity contribution in [3.8, 4) is 23.0 Å². The van der Waals surface area contributed by atoms with Gasteiger partial charge in [-0.15, -0.1) is 0 Å². The molecule has 222 valence electrons.